The SMILES string of the molecule is Cn1ccc(S(=O)(=O)CCCOc2ccc3c(c2)C(Cc2cccc(F)c2)C(N2CCCC2)CC3)c1. The van der Waals surface area contributed by atoms with Crippen LogP contribution in [0.1, 0.15) is 48.3 Å². The molecule has 192 valence electrons. The van der Waals surface area contributed by atoms with Crippen molar-refractivity contribution in [3.05, 3.63) is 83.4 Å². The van der Waals surface area contributed by atoms with E-state index >= 15 is 0 Å². The minimum atomic E-state index is -3.31. The van der Waals surface area contributed by atoms with Crippen molar-refractivity contribution in [2.45, 2.75) is 55.4 Å². The van der Waals surface area contributed by atoms with Crippen molar-refractivity contribution in [1.82, 2.24) is 9.47 Å². The number of sulfone groups is 1. The Hall–Kier alpha value is -2.64. The van der Waals surface area contributed by atoms with Crippen LogP contribution in [0.4, 0.5) is 4.39 Å². The molecule has 3 aromatic rings. The van der Waals surface area contributed by atoms with Gasteiger partial charge in [-0.1, -0.05) is 18.2 Å². The molecule has 1 saturated heterocycles. The van der Waals surface area contributed by atoms with Gasteiger partial charge in [0.15, 0.2) is 9.84 Å². The fraction of sp³-hybridized carbons (Fsp3) is 0.448. The van der Waals surface area contributed by atoms with Gasteiger partial charge in [-0.05, 0) is 98.6 Å². The third-order valence-electron chi connectivity index (χ3n) is 7.64. The standard InChI is InChI=1S/C29H35FN2O3S/c1-31-15-12-26(21-31)36(33,34)17-5-16-35-25-10-8-23-9-11-29(32-13-2-3-14-32)28(27(23)20-25)19-22-6-4-7-24(30)18-22/h4,6-8,10,12,15,18,20-21,28-29H,2-3,5,9,11,13-14,16-17,19H2,1H3. The summed E-state index contributed by atoms with van der Waals surface area (Å²) in [5, 5.41) is 0. The Morgan fingerprint density at radius 1 is 1.08 bits per heavy atom. The van der Waals surface area contributed by atoms with Crippen molar-refractivity contribution in [3.8, 4) is 5.75 Å². The molecular formula is C29H35FN2O3S. The summed E-state index contributed by atoms with van der Waals surface area (Å²) in [5.41, 5.74) is 3.65. The quantitative estimate of drug-likeness (QED) is 0.374. The van der Waals surface area contributed by atoms with Crippen molar-refractivity contribution >= 4 is 9.84 Å². The van der Waals surface area contributed by atoms with Crippen LogP contribution in [0.2, 0.25) is 0 Å². The number of rotatable bonds is 9. The van der Waals surface area contributed by atoms with Crippen molar-refractivity contribution in [2.24, 2.45) is 7.05 Å². The van der Waals surface area contributed by atoms with Crippen LogP contribution in [0.5, 0.6) is 5.75 Å². The van der Waals surface area contributed by atoms with Crippen LogP contribution >= 0.6 is 0 Å². The highest BCUT2D eigenvalue weighted by molar-refractivity contribution is 7.91. The van der Waals surface area contributed by atoms with Gasteiger partial charge in [-0.25, -0.2) is 12.8 Å². The van der Waals surface area contributed by atoms with E-state index < -0.39 is 9.84 Å². The zero-order valence-electron chi connectivity index (χ0n) is 20.9. The highest BCUT2D eigenvalue weighted by Crippen LogP contribution is 2.40. The summed E-state index contributed by atoms with van der Waals surface area (Å²) in [4.78, 5) is 2.97. The van der Waals surface area contributed by atoms with Crippen molar-refractivity contribution in [2.75, 3.05) is 25.4 Å². The number of nitrogens with zero attached hydrogens (tertiary/aromatic N) is 2. The predicted octanol–water partition coefficient (Wildman–Crippen LogP) is 5.14. The van der Waals surface area contributed by atoms with Gasteiger partial charge in [0, 0.05) is 31.4 Å². The molecule has 0 saturated carbocycles. The lowest BCUT2D eigenvalue weighted by atomic mass is 9.75. The first kappa shape index (κ1) is 25.0. The van der Waals surface area contributed by atoms with E-state index in [2.05, 4.69) is 17.0 Å². The molecule has 0 N–H and O–H groups in total. The number of fused-ring (bicyclic) bond motifs is 1. The zero-order valence-corrected chi connectivity index (χ0v) is 21.7. The Kier molecular flexibility index (Phi) is 7.49. The summed E-state index contributed by atoms with van der Waals surface area (Å²) in [6, 6.07) is 15.3. The number of hydrogen-bond donors (Lipinski definition) is 0. The average molecular weight is 511 g/mol. The van der Waals surface area contributed by atoms with E-state index in [-0.39, 0.29) is 17.5 Å². The van der Waals surface area contributed by atoms with Gasteiger partial charge in [-0.2, -0.15) is 0 Å². The lowest BCUT2D eigenvalue weighted by Gasteiger charge is -2.39. The molecule has 5 nitrogen and oxygen atoms in total. The molecule has 2 aromatic carbocycles. The van der Waals surface area contributed by atoms with Crippen LogP contribution in [0, 0.1) is 5.82 Å². The Bertz CT molecular complexity index is 1300. The maximum absolute atomic E-state index is 14.0. The van der Waals surface area contributed by atoms with E-state index in [4.69, 9.17) is 4.74 Å². The average Bonchev–Trinajstić information content (AvgIpc) is 3.55. The first-order chi connectivity index (χ1) is 17.4. The molecule has 2 unspecified atom stereocenters. The number of benzene rings is 2. The predicted molar refractivity (Wildman–Crippen MR) is 140 cm³/mol. The Morgan fingerprint density at radius 2 is 1.92 bits per heavy atom. The first-order valence-electron chi connectivity index (χ1n) is 13.0. The van der Waals surface area contributed by atoms with Crippen LogP contribution in [0.3, 0.4) is 0 Å². The number of hydrogen-bond acceptors (Lipinski definition) is 4. The second-order valence-electron chi connectivity index (χ2n) is 10.2. The van der Waals surface area contributed by atoms with Gasteiger partial charge in [0.25, 0.3) is 0 Å². The van der Waals surface area contributed by atoms with Gasteiger partial charge in [0.05, 0.1) is 17.3 Å². The number of halogens is 1. The number of likely N-dealkylation sites (tertiary alicyclic amines) is 1. The van der Waals surface area contributed by atoms with Crippen LogP contribution in [-0.4, -0.2) is 49.4 Å². The highest BCUT2D eigenvalue weighted by Gasteiger charge is 2.35. The Labute approximate surface area is 213 Å². The van der Waals surface area contributed by atoms with Crippen molar-refractivity contribution in [1.29, 1.82) is 0 Å². The Morgan fingerprint density at radius 3 is 2.67 bits per heavy atom. The molecule has 0 radical (unpaired) electrons. The molecule has 0 bridgehead atoms. The largest absolute Gasteiger partial charge is 0.494 e. The number of aryl methyl sites for hydroxylation is 2. The minimum absolute atomic E-state index is 0.0567. The van der Waals surface area contributed by atoms with Gasteiger partial charge < -0.3 is 9.30 Å². The van der Waals surface area contributed by atoms with E-state index in [0.717, 1.165) is 43.7 Å². The van der Waals surface area contributed by atoms with E-state index in [1.165, 1.54) is 30.0 Å². The third kappa shape index (κ3) is 5.68. The second kappa shape index (κ2) is 10.8. The van der Waals surface area contributed by atoms with Crippen LogP contribution in [0.25, 0.3) is 0 Å². The van der Waals surface area contributed by atoms with Gasteiger partial charge in [0.1, 0.15) is 11.6 Å². The molecule has 0 spiro atoms. The summed E-state index contributed by atoms with van der Waals surface area (Å²) in [6.45, 7) is 2.60. The van der Waals surface area contributed by atoms with Gasteiger partial charge in [0.2, 0.25) is 0 Å². The molecule has 5 rings (SSSR count). The molecule has 1 aliphatic carbocycles. The van der Waals surface area contributed by atoms with Crippen molar-refractivity contribution < 1.29 is 17.5 Å². The lowest BCUT2D eigenvalue weighted by Crippen LogP contribution is -2.41. The van der Waals surface area contributed by atoms with Crippen LogP contribution in [0.15, 0.2) is 65.8 Å². The Balaban J connectivity index is 1.30. The van der Waals surface area contributed by atoms with Crippen molar-refractivity contribution in [3.63, 3.8) is 0 Å². The fourth-order valence-corrected chi connectivity index (χ4v) is 7.17. The van der Waals surface area contributed by atoms with Crippen LogP contribution < -0.4 is 4.74 Å². The number of aromatic nitrogens is 1. The normalized spacial score (nSPS) is 20.4. The summed E-state index contributed by atoms with van der Waals surface area (Å²) in [5.74, 6) is 0.915. The van der Waals surface area contributed by atoms with Gasteiger partial charge in [-0.3, -0.25) is 4.90 Å². The summed E-state index contributed by atoms with van der Waals surface area (Å²) in [7, 11) is -1.50. The molecule has 2 aliphatic rings. The molecule has 2 atom stereocenters. The van der Waals surface area contributed by atoms with Gasteiger partial charge in [-0.15, -0.1) is 0 Å². The molecule has 1 aromatic heterocycles. The lowest BCUT2D eigenvalue weighted by molar-refractivity contribution is 0.188. The summed E-state index contributed by atoms with van der Waals surface area (Å²) in [6.07, 6.45) is 9.23. The first-order valence-corrected chi connectivity index (χ1v) is 14.6. The van der Waals surface area contributed by atoms with Gasteiger partial charge >= 0.3 is 0 Å². The molecule has 0 amide bonds. The zero-order chi connectivity index (χ0) is 25.1. The summed E-state index contributed by atoms with van der Waals surface area (Å²) >= 11 is 0. The molecule has 1 aliphatic heterocycles. The molecular weight excluding hydrogens is 475 g/mol. The van der Waals surface area contributed by atoms with E-state index in [9.17, 15) is 12.8 Å². The smallest absolute Gasteiger partial charge is 0.180 e. The molecule has 1 fully saturated rings. The van der Waals surface area contributed by atoms with Crippen LogP contribution in [-0.2, 0) is 29.7 Å². The highest BCUT2D eigenvalue weighted by atomic mass is 32.2. The number of ether oxygens (including phenoxy) is 1. The molecule has 2 heterocycles. The van der Waals surface area contributed by atoms with E-state index in [0.29, 0.717) is 24.0 Å². The monoisotopic (exact) mass is 510 g/mol. The minimum Gasteiger partial charge on any atom is -0.494 e. The second-order valence-corrected chi connectivity index (χ2v) is 12.3. The van der Waals surface area contributed by atoms with E-state index in [1.807, 2.05) is 19.2 Å². The molecule has 36 heavy (non-hydrogen) atoms. The van der Waals surface area contributed by atoms with E-state index in [1.54, 1.807) is 35.2 Å². The fourth-order valence-electron chi connectivity index (χ4n) is 5.84. The summed E-state index contributed by atoms with van der Waals surface area (Å²) < 4.78 is 46.9. The molecule has 7 heteroatoms. The maximum atomic E-state index is 14.0. The third-order valence-corrected chi connectivity index (χ3v) is 9.42. The maximum Gasteiger partial charge on any atom is 0.180 e. The topological polar surface area (TPSA) is 51.5 Å².